The fourth-order valence-corrected chi connectivity index (χ4v) is 6.20. The van der Waals surface area contributed by atoms with Crippen LogP contribution in [-0.4, -0.2) is 69.8 Å². The Morgan fingerprint density at radius 2 is 1.61 bits per heavy atom. The first kappa shape index (κ1) is 29.3. The molecule has 3 heterocycles. The number of piperidine rings is 2. The summed E-state index contributed by atoms with van der Waals surface area (Å²) in [7, 11) is 0.0518. The van der Waals surface area contributed by atoms with Gasteiger partial charge in [0.15, 0.2) is 17.5 Å². The van der Waals surface area contributed by atoms with Crippen LogP contribution in [0.15, 0.2) is 42.6 Å². The highest BCUT2D eigenvalue weighted by Crippen LogP contribution is 2.43. The molecular formula is C28H34ClF2N7O2S. The summed E-state index contributed by atoms with van der Waals surface area (Å²) in [6.07, 6.45) is 6.56. The number of sulfonamides is 1. The van der Waals surface area contributed by atoms with Gasteiger partial charge < -0.3 is 20.4 Å². The molecule has 2 N–H and O–H groups in total. The minimum absolute atomic E-state index is 0.00990. The monoisotopic (exact) mass is 605 g/mol. The van der Waals surface area contributed by atoms with Crippen LogP contribution in [0.5, 0.6) is 0 Å². The number of nitrogens with one attached hydrogen (secondary N) is 2. The van der Waals surface area contributed by atoms with Gasteiger partial charge in [0.1, 0.15) is 10.7 Å². The zero-order chi connectivity index (χ0) is 29.4. The van der Waals surface area contributed by atoms with Gasteiger partial charge in [-0.15, -0.1) is 0 Å². The molecule has 5 rings (SSSR count). The number of aromatic nitrogens is 2. The third-order valence-corrected chi connectivity index (χ3v) is 9.67. The Morgan fingerprint density at radius 1 is 1.00 bits per heavy atom. The molecule has 2 saturated heterocycles. The molecule has 2 aliphatic rings. The second-order valence-electron chi connectivity index (χ2n) is 11.0. The number of anilines is 6. The molecule has 2 aromatic carbocycles. The lowest BCUT2D eigenvalue weighted by molar-refractivity contribution is 0.0942. The van der Waals surface area contributed by atoms with Gasteiger partial charge in [0, 0.05) is 25.8 Å². The SMILES string of the molecule is CN1CCC2(CC1)CCN(c1c(F)cc(Nc3ncc(Cl)c(Nc4ccccc4N(C)S(C)(=O)=O)n3)cc1F)CC2. The van der Waals surface area contributed by atoms with Crippen LogP contribution in [0.1, 0.15) is 25.7 Å². The minimum Gasteiger partial charge on any atom is -0.367 e. The molecule has 0 unspecified atom stereocenters. The zero-order valence-corrected chi connectivity index (χ0v) is 24.9. The van der Waals surface area contributed by atoms with Gasteiger partial charge in [-0.05, 0) is 75.5 Å². The molecule has 1 aromatic heterocycles. The van der Waals surface area contributed by atoms with E-state index in [9.17, 15) is 8.42 Å². The smallest absolute Gasteiger partial charge is 0.232 e. The van der Waals surface area contributed by atoms with Crippen molar-refractivity contribution in [3.8, 4) is 0 Å². The van der Waals surface area contributed by atoms with Crippen molar-refractivity contribution in [3.63, 3.8) is 0 Å². The molecule has 0 atom stereocenters. The Kier molecular flexibility index (Phi) is 8.27. The van der Waals surface area contributed by atoms with Gasteiger partial charge in [-0.1, -0.05) is 23.7 Å². The third-order valence-electron chi connectivity index (χ3n) is 8.20. The van der Waals surface area contributed by atoms with Crippen LogP contribution in [0, 0.1) is 17.0 Å². The predicted molar refractivity (Wildman–Crippen MR) is 160 cm³/mol. The van der Waals surface area contributed by atoms with Gasteiger partial charge >= 0.3 is 0 Å². The van der Waals surface area contributed by atoms with Gasteiger partial charge in [-0.25, -0.2) is 22.2 Å². The van der Waals surface area contributed by atoms with Crippen LogP contribution in [0.3, 0.4) is 0 Å². The van der Waals surface area contributed by atoms with Gasteiger partial charge in [0.05, 0.1) is 23.8 Å². The Morgan fingerprint density at radius 3 is 2.24 bits per heavy atom. The summed E-state index contributed by atoms with van der Waals surface area (Å²) in [6.45, 7) is 3.37. The lowest BCUT2D eigenvalue weighted by atomic mass is 9.71. The molecule has 3 aromatic rings. The number of likely N-dealkylation sites (tertiary alicyclic amines) is 1. The van der Waals surface area contributed by atoms with E-state index in [0.717, 1.165) is 49.3 Å². The summed E-state index contributed by atoms with van der Waals surface area (Å²) >= 11 is 6.31. The van der Waals surface area contributed by atoms with Crippen molar-refractivity contribution >= 4 is 56.1 Å². The fourth-order valence-electron chi connectivity index (χ4n) is 5.54. The summed E-state index contributed by atoms with van der Waals surface area (Å²) in [5.41, 5.74) is 1.24. The summed E-state index contributed by atoms with van der Waals surface area (Å²) in [4.78, 5) is 12.6. The summed E-state index contributed by atoms with van der Waals surface area (Å²) in [5, 5.41) is 6.06. The molecule has 1 spiro atoms. The van der Waals surface area contributed by atoms with Crippen molar-refractivity contribution in [2.24, 2.45) is 5.41 Å². The first-order chi connectivity index (χ1) is 19.4. The molecule has 220 valence electrons. The van der Waals surface area contributed by atoms with E-state index in [2.05, 4.69) is 32.5 Å². The second kappa shape index (κ2) is 11.6. The largest absolute Gasteiger partial charge is 0.367 e. The highest BCUT2D eigenvalue weighted by atomic mass is 35.5. The van der Waals surface area contributed by atoms with Crippen molar-refractivity contribution in [2.75, 3.05) is 66.4 Å². The van der Waals surface area contributed by atoms with Crippen LogP contribution in [0.25, 0.3) is 0 Å². The molecule has 0 radical (unpaired) electrons. The fraction of sp³-hybridized carbons (Fsp3) is 0.429. The maximum absolute atomic E-state index is 15.3. The van der Waals surface area contributed by atoms with Crippen LogP contribution >= 0.6 is 11.6 Å². The van der Waals surface area contributed by atoms with Crippen molar-refractivity contribution in [3.05, 3.63) is 59.3 Å². The number of para-hydroxylation sites is 2. The highest BCUT2D eigenvalue weighted by molar-refractivity contribution is 7.92. The van der Waals surface area contributed by atoms with E-state index >= 15 is 8.78 Å². The lowest BCUT2D eigenvalue weighted by Crippen LogP contribution is -2.46. The molecule has 13 heteroatoms. The highest BCUT2D eigenvalue weighted by Gasteiger charge is 2.37. The molecule has 2 fully saturated rings. The molecule has 2 aliphatic heterocycles. The van der Waals surface area contributed by atoms with Gasteiger partial charge in [-0.3, -0.25) is 4.31 Å². The Hall–Kier alpha value is -3.22. The molecule has 0 bridgehead atoms. The van der Waals surface area contributed by atoms with E-state index in [1.54, 1.807) is 24.3 Å². The predicted octanol–water partition coefficient (Wildman–Crippen LogP) is 5.60. The zero-order valence-electron chi connectivity index (χ0n) is 23.3. The molecule has 9 nitrogen and oxygen atoms in total. The summed E-state index contributed by atoms with van der Waals surface area (Å²) in [6, 6.07) is 9.24. The van der Waals surface area contributed by atoms with Crippen molar-refractivity contribution < 1.29 is 17.2 Å². The van der Waals surface area contributed by atoms with Crippen molar-refractivity contribution in [2.45, 2.75) is 25.7 Å². The molecule has 0 saturated carbocycles. The topological polar surface area (TPSA) is 93.7 Å². The van der Waals surface area contributed by atoms with Crippen LogP contribution < -0.4 is 19.8 Å². The minimum atomic E-state index is -3.52. The van der Waals surface area contributed by atoms with E-state index in [0.29, 0.717) is 24.5 Å². The number of halogens is 3. The van der Waals surface area contributed by atoms with Crippen LogP contribution in [-0.2, 0) is 10.0 Å². The Labute approximate surface area is 244 Å². The number of rotatable bonds is 7. The van der Waals surface area contributed by atoms with E-state index in [1.807, 2.05) is 4.90 Å². The van der Waals surface area contributed by atoms with Crippen LogP contribution in [0.2, 0.25) is 5.02 Å². The number of nitrogens with zero attached hydrogens (tertiary/aromatic N) is 5. The standard InChI is InChI=1S/C28H34ClF2N7O2S/c1-36-12-8-28(9-13-36)10-14-38(15-11-28)25-21(30)16-19(17-22(25)31)33-27-32-18-20(29)26(35-27)34-23-6-4-5-7-24(23)37(2)41(3,39)40/h4-7,16-18H,8-15H2,1-3H3,(H2,32,33,34,35). The molecule has 0 amide bonds. The van der Waals surface area contributed by atoms with Crippen molar-refractivity contribution in [1.29, 1.82) is 0 Å². The van der Waals surface area contributed by atoms with Gasteiger partial charge in [0.2, 0.25) is 16.0 Å². The average Bonchev–Trinajstić information content (AvgIpc) is 2.92. The quantitative estimate of drug-likeness (QED) is 0.359. The summed E-state index contributed by atoms with van der Waals surface area (Å²) in [5.74, 6) is -1.07. The molecular weight excluding hydrogens is 572 g/mol. The van der Waals surface area contributed by atoms with Gasteiger partial charge in [-0.2, -0.15) is 4.98 Å². The second-order valence-corrected chi connectivity index (χ2v) is 13.4. The van der Waals surface area contributed by atoms with E-state index < -0.39 is 21.7 Å². The first-order valence-corrected chi connectivity index (χ1v) is 15.7. The average molecular weight is 606 g/mol. The summed E-state index contributed by atoms with van der Waals surface area (Å²) < 4.78 is 55.9. The van der Waals surface area contributed by atoms with E-state index in [4.69, 9.17) is 11.6 Å². The first-order valence-electron chi connectivity index (χ1n) is 13.5. The lowest BCUT2D eigenvalue weighted by Gasteiger charge is -2.46. The number of hydrogen-bond donors (Lipinski definition) is 2. The van der Waals surface area contributed by atoms with E-state index in [-0.39, 0.29) is 33.6 Å². The maximum Gasteiger partial charge on any atom is 0.232 e. The number of benzene rings is 2. The maximum atomic E-state index is 15.3. The third kappa shape index (κ3) is 6.49. The Bertz CT molecular complexity index is 1500. The van der Waals surface area contributed by atoms with Crippen molar-refractivity contribution in [1.82, 2.24) is 14.9 Å². The van der Waals surface area contributed by atoms with E-state index in [1.165, 1.54) is 25.4 Å². The normalized spacial score (nSPS) is 17.5. The molecule has 41 heavy (non-hydrogen) atoms. The van der Waals surface area contributed by atoms with Gasteiger partial charge in [0.25, 0.3) is 0 Å². The molecule has 0 aliphatic carbocycles. The Balaban J connectivity index is 1.31. The number of hydrogen-bond acceptors (Lipinski definition) is 8. The van der Waals surface area contributed by atoms with Crippen LogP contribution in [0.4, 0.5) is 43.3 Å².